The van der Waals surface area contributed by atoms with Crippen molar-refractivity contribution in [2.75, 3.05) is 13.1 Å². The Labute approximate surface area is 169 Å². The Hall–Kier alpha value is -2.30. The van der Waals surface area contributed by atoms with Crippen molar-refractivity contribution in [1.29, 1.82) is 0 Å². The van der Waals surface area contributed by atoms with Crippen molar-refractivity contribution < 1.29 is 4.79 Å². The predicted molar refractivity (Wildman–Crippen MR) is 111 cm³/mol. The van der Waals surface area contributed by atoms with Gasteiger partial charge in [0.1, 0.15) is 0 Å². The minimum Gasteiger partial charge on any atom is -0.339 e. The number of H-pyrrole nitrogens is 1. The first-order chi connectivity index (χ1) is 13.0. The van der Waals surface area contributed by atoms with E-state index in [0.29, 0.717) is 22.2 Å². The monoisotopic (exact) mass is 401 g/mol. The molecule has 0 aliphatic heterocycles. The Kier molecular flexibility index (Phi) is 6.19. The molecule has 27 heavy (non-hydrogen) atoms. The van der Waals surface area contributed by atoms with Gasteiger partial charge < -0.3 is 4.90 Å². The maximum Gasteiger partial charge on any atom is 0.253 e. The molecule has 0 saturated heterocycles. The lowest BCUT2D eigenvalue weighted by Crippen LogP contribution is -2.31. The third kappa shape index (κ3) is 4.34. The summed E-state index contributed by atoms with van der Waals surface area (Å²) in [5.41, 5.74) is 4.05. The predicted octanol–water partition coefficient (Wildman–Crippen LogP) is 5.92. The van der Waals surface area contributed by atoms with E-state index < -0.39 is 0 Å². The highest BCUT2D eigenvalue weighted by Crippen LogP contribution is 2.31. The molecule has 1 N–H and O–H groups in total. The van der Waals surface area contributed by atoms with Crippen molar-refractivity contribution in [3.8, 4) is 22.5 Å². The van der Waals surface area contributed by atoms with Gasteiger partial charge in [-0.05, 0) is 49.7 Å². The zero-order valence-electron chi connectivity index (χ0n) is 15.3. The average molecular weight is 402 g/mol. The van der Waals surface area contributed by atoms with Gasteiger partial charge in [0.15, 0.2) is 0 Å². The van der Waals surface area contributed by atoms with Crippen LogP contribution in [0.25, 0.3) is 22.5 Å². The first kappa shape index (κ1) is 19.5. The molecule has 6 heteroatoms. The molecule has 140 valence electrons. The van der Waals surface area contributed by atoms with Crippen molar-refractivity contribution in [2.24, 2.45) is 0 Å². The summed E-state index contributed by atoms with van der Waals surface area (Å²) in [6, 6.07) is 14.8. The summed E-state index contributed by atoms with van der Waals surface area (Å²) in [6.45, 7) is 5.54. The largest absolute Gasteiger partial charge is 0.339 e. The molecule has 0 saturated carbocycles. The summed E-state index contributed by atoms with van der Waals surface area (Å²) in [6.07, 6.45) is 0.945. The third-order valence-electron chi connectivity index (χ3n) is 4.39. The number of hydrogen-bond donors (Lipinski definition) is 1. The summed E-state index contributed by atoms with van der Waals surface area (Å²) in [4.78, 5) is 14.4. The minimum atomic E-state index is 0.0570. The van der Waals surface area contributed by atoms with E-state index >= 15 is 0 Å². The van der Waals surface area contributed by atoms with E-state index in [1.54, 1.807) is 12.1 Å². The highest BCUT2D eigenvalue weighted by Gasteiger charge is 2.14. The number of benzene rings is 2. The number of nitrogens with zero attached hydrogens (tertiary/aromatic N) is 2. The van der Waals surface area contributed by atoms with Crippen LogP contribution in [0, 0.1) is 0 Å². The fourth-order valence-corrected chi connectivity index (χ4v) is 3.47. The quantitative estimate of drug-likeness (QED) is 0.556. The molecule has 0 atom stereocenters. The van der Waals surface area contributed by atoms with E-state index in [1.165, 1.54) is 0 Å². The number of carbonyl (C=O) groups excluding carboxylic acids is 1. The highest BCUT2D eigenvalue weighted by atomic mass is 35.5. The average Bonchev–Trinajstić information content (AvgIpc) is 3.15. The Morgan fingerprint density at radius 1 is 1.07 bits per heavy atom. The number of aromatic amines is 1. The molecule has 2 aromatic carbocycles. The molecular formula is C21H21Cl2N3O. The first-order valence-electron chi connectivity index (χ1n) is 8.94. The standard InChI is InChI=1S/C21H21Cl2N3O/c1-3-11-26(4-2)21(27)15-7-5-14(6-8-15)19-13-20(25-24-19)17-10-9-16(22)12-18(17)23/h5-10,12-13H,3-4,11H2,1-2H3,(H,24,25). The van der Waals surface area contributed by atoms with Crippen LogP contribution in [0.3, 0.4) is 0 Å². The molecule has 0 unspecified atom stereocenters. The zero-order valence-corrected chi connectivity index (χ0v) is 16.8. The van der Waals surface area contributed by atoms with Crippen LogP contribution in [-0.2, 0) is 0 Å². The van der Waals surface area contributed by atoms with Crippen molar-refractivity contribution >= 4 is 29.1 Å². The Morgan fingerprint density at radius 2 is 1.81 bits per heavy atom. The number of amides is 1. The minimum absolute atomic E-state index is 0.0570. The van der Waals surface area contributed by atoms with E-state index in [-0.39, 0.29) is 5.91 Å². The Morgan fingerprint density at radius 3 is 2.44 bits per heavy atom. The van der Waals surface area contributed by atoms with Crippen LogP contribution in [-0.4, -0.2) is 34.1 Å². The number of nitrogens with one attached hydrogen (secondary N) is 1. The molecule has 0 bridgehead atoms. The van der Waals surface area contributed by atoms with Gasteiger partial charge in [0.05, 0.1) is 16.4 Å². The van der Waals surface area contributed by atoms with Gasteiger partial charge in [-0.2, -0.15) is 5.10 Å². The van der Waals surface area contributed by atoms with Crippen LogP contribution in [0.4, 0.5) is 0 Å². The highest BCUT2D eigenvalue weighted by molar-refractivity contribution is 6.36. The number of halogens is 2. The topological polar surface area (TPSA) is 49.0 Å². The van der Waals surface area contributed by atoms with Crippen LogP contribution < -0.4 is 0 Å². The van der Waals surface area contributed by atoms with E-state index in [2.05, 4.69) is 17.1 Å². The van der Waals surface area contributed by atoms with Gasteiger partial charge in [-0.1, -0.05) is 42.3 Å². The number of aromatic nitrogens is 2. The zero-order chi connectivity index (χ0) is 19.4. The summed E-state index contributed by atoms with van der Waals surface area (Å²) in [5.74, 6) is 0.0570. The van der Waals surface area contributed by atoms with Gasteiger partial charge in [0, 0.05) is 34.8 Å². The number of hydrogen-bond acceptors (Lipinski definition) is 2. The van der Waals surface area contributed by atoms with Crippen LogP contribution in [0.5, 0.6) is 0 Å². The summed E-state index contributed by atoms with van der Waals surface area (Å²) in [7, 11) is 0. The molecule has 3 rings (SSSR count). The fraction of sp³-hybridized carbons (Fsp3) is 0.238. The molecule has 3 aromatic rings. The van der Waals surface area contributed by atoms with Gasteiger partial charge in [0.25, 0.3) is 5.91 Å². The van der Waals surface area contributed by atoms with Crippen LogP contribution >= 0.6 is 23.2 Å². The lowest BCUT2D eigenvalue weighted by Gasteiger charge is -2.20. The second-order valence-corrected chi connectivity index (χ2v) is 7.10. The summed E-state index contributed by atoms with van der Waals surface area (Å²) < 4.78 is 0. The maximum atomic E-state index is 12.5. The lowest BCUT2D eigenvalue weighted by molar-refractivity contribution is 0.0764. The van der Waals surface area contributed by atoms with Crippen LogP contribution in [0.2, 0.25) is 10.0 Å². The van der Waals surface area contributed by atoms with Gasteiger partial charge in [-0.25, -0.2) is 0 Å². The molecule has 1 heterocycles. The van der Waals surface area contributed by atoms with Gasteiger partial charge >= 0.3 is 0 Å². The molecule has 4 nitrogen and oxygen atoms in total. The van der Waals surface area contributed by atoms with Crippen molar-refractivity contribution in [1.82, 2.24) is 15.1 Å². The summed E-state index contributed by atoms with van der Waals surface area (Å²) in [5, 5.41) is 8.53. The SMILES string of the molecule is CCCN(CC)C(=O)c1ccc(-c2cc(-c3ccc(Cl)cc3Cl)[nH]n2)cc1. The summed E-state index contributed by atoms with van der Waals surface area (Å²) >= 11 is 12.2. The molecule has 0 aliphatic carbocycles. The van der Waals surface area contributed by atoms with Gasteiger partial charge in [-0.3, -0.25) is 9.89 Å². The van der Waals surface area contributed by atoms with Crippen molar-refractivity contribution in [3.63, 3.8) is 0 Å². The smallest absolute Gasteiger partial charge is 0.253 e. The maximum absolute atomic E-state index is 12.5. The second-order valence-electron chi connectivity index (χ2n) is 6.25. The van der Waals surface area contributed by atoms with E-state index in [4.69, 9.17) is 23.2 Å². The molecule has 1 aromatic heterocycles. The van der Waals surface area contributed by atoms with Crippen molar-refractivity contribution in [3.05, 3.63) is 64.1 Å². The van der Waals surface area contributed by atoms with Gasteiger partial charge in [-0.15, -0.1) is 0 Å². The molecule has 0 spiro atoms. The Balaban J connectivity index is 1.82. The van der Waals surface area contributed by atoms with E-state index in [1.807, 2.05) is 48.2 Å². The lowest BCUT2D eigenvalue weighted by atomic mass is 10.1. The fourth-order valence-electron chi connectivity index (χ4n) is 2.95. The molecule has 1 amide bonds. The van der Waals surface area contributed by atoms with E-state index in [9.17, 15) is 4.79 Å². The van der Waals surface area contributed by atoms with E-state index in [0.717, 1.165) is 35.5 Å². The molecule has 0 aliphatic rings. The van der Waals surface area contributed by atoms with Crippen LogP contribution in [0.1, 0.15) is 30.6 Å². The molecule has 0 radical (unpaired) electrons. The number of carbonyl (C=O) groups is 1. The first-order valence-corrected chi connectivity index (χ1v) is 9.69. The molecular weight excluding hydrogens is 381 g/mol. The van der Waals surface area contributed by atoms with Crippen molar-refractivity contribution in [2.45, 2.75) is 20.3 Å². The third-order valence-corrected chi connectivity index (χ3v) is 4.94. The second kappa shape index (κ2) is 8.59. The Bertz CT molecular complexity index is 935. The normalized spacial score (nSPS) is 10.8. The number of rotatable bonds is 6. The van der Waals surface area contributed by atoms with Gasteiger partial charge in [0.2, 0.25) is 0 Å². The molecule has 0 fully saturated rings. The van der Waals surface area contributed by atoms with Crippen LogP contribution in [0.15, 0.2) is 48.5 Å².